The Morgan fingerprint density at radius 3 is 2.62 bits per heavy atom. The molecule has 1 aliphatic carbocycles. The van der Waals surface area contributed by atoms with Gasteiger partial charge < -0.3 is 19.7 Å². The molecule has 2 N–H and O–H groups in total. The number of amides is 4. The fourth-order valence-corrected chi connectivity index (χ4v) is 7.05. The average molecular weight is 736 g/mol. The van der Waals surface area contributed by atoms with E-state index in [0.29, 0.717) is 59.1 Å². The van der Waals surface area contributed by atoms with Gasteiger partial charge in [0.25, 0.3) is 11.8 Å². The van der Waals surface area contributed by atoms with Crippen LogP contribution < -0.4 is 20.1 Å². The van der Waals surface area contributed by atoms with Crippen LogP contribution in [0.3, 0.4) is 0 Å². The Bertz CT molecular complexity index is 2070. The van der Waals surface area contributed by atoms with E-state index >= 15 is 0 Å². The van der Waals surface area contributed by atoms with Crippen LogP contribution in [0, 0.1) is 11.3 Å². The largest absolute Gasteiger partial charge is 0.493 e. The molecule has 4 aromatic rings. The van der Waals surface area contributed by atoms with Crippen molar-refractivity contribution in [3.05, 3.63) is 99.8 Å². The number of imide groups is 1. The van der Waals surface area contributed by atoms with Gasteiger partial charge in [0, 0.05) is 48.1 Å². The van der Waals surface area contributed by atoms with Crippen molar-refractivity contribution in [3.63, 3.8) is 0 Å². The van der Waals surface area contributed by atoms with Gasteiger partial charge >= 0.3 is 0 Å². The van der Waals surface area contributed by atoms with E-state index in [9.17, 15) is 19.2 Å². The molecule has 4 amide bonds. The molecule has 14 heteroatoms. The van der Waals surface area contributed by atoms with Crippen LogP contribution in [0.1, 0.15) is 88.9 Å². The number of hydrogen-bond acceptors (Lipinski definition) is 9. The molecule has 0 bridgehead atoms. The number of ether oxygens (including phenoxy) is 2. The average Bonchev–Trinajstić information content (AvgIpc) is 3.75. The van der Waals surface area contributed by atoms with Crippen molar-refractivity contribution in [2.75, 3.05) is 6.61 Å². The van der Waals surface area contributed by atoms with Crippen LogP contribution in [0.5, 0.6) is 11.5 Å². The van der Waals surface area contributed by atoms with E-state index in [1.54, 1.807) is 47.1 Å². The summed E-state index contributed by atoms with van der Waals surface area (Å²) in [5.74, 6) is 0.165. The van der Waals surface area contributed by atoms with Gasteiger partial charge in [-0.25, -0.2) is 4.68 Å². The number of rotatable bonds is 14. The maximum absolute atomic E-state index is 13.0. The van der Waals surface area contributed by atoms with Crippen LogP contribution in [0.4, 0.5) is 0 Å². The van der Waals surface area contributed by atoms with Crippen molar-refractivity contribution < 1.29 is 28.7 Å². The number of fused-ring (bicyclic) bond motifs is 1. The number of piperidine rings is 1. The lowest BCUT2D eigenvalue weighted by molar-refractivity contribution is -0.136. The van der Waals surface area contributed by atoms with E-state index in [1.165, 1.54) is 4.90 Å². The van der Waals surface area contributed by atoms with Crippen molar-refractivity contribution in [2.24, 2.45) is 0 Å². The highest BCUT2D eigenvalue weighted by atomic mass is 35.5. The SMILES string of the molecule is N#Cc1ccc(OC2CC(NC(=O)c3ccc(-n4cc(CCCCCCOc5cccc6c5CN(C5CCC(=O)NC5=O)C6=O)nn4)cc3)C2)cc1Cl. The van der Waals surface area contributed by atoms with E-state index < -0.39 is 11.9 Å². The summed E-state index contributed by atoms with van der Waals surface area (Å²) in [4.78, 5) is 51.3. The second-order valence-corrected chi connectivity index (χ2v) is 13.9. The number of nitriles is 1. The first-order chi connectivity index (χ1) is 25.7. The van der Waals surface area contributed by atoms with E-state index in [0.717, 1.165) is 49.0 Å². The number of halogens is 1. The van der Waals surface area contributed by atoms with E-state index in [1.807, 2.05) is 30.5 Å². The van der Waals surface area contributed by atoms with Crippen LogP contribution in [-0.4, -0.2) is 68.3 Å². The number of benzene rings is 3. The third-order valence-corrected chi connectivity index (χ3v) is 10.2. The molecule has 7 rings (SSSR count). The number of nitrogens with zero attached hydrogens (tertiary/aromatic N) is 5. The quantitative estimate of drug-likeness (QED) is 0.133. The zero-order valence-corrected chi connectivity index (χ0v) is 29.7. The Balaban J connectivity index is 0.795. The standard InChI is InChI=1S/C39H38ClN7O6/c40-33-20-29(14-11-25(33)21-41)53-30-18-27(19-30)42-37(49)24-9-12-28(13-10-24)47-22-26(44-45-47)6-3-1-2-4-17-52-35-8-5-7-31-32(35)23-46(39(31)51)34-15-16-36(48)43-38(34)50/h5,7-14,20,22,27,30,34H,1-4,6,15-19,23H2,(H,42,49)(H,43,48,50). The monoisotopic (exact) mass is 735 g/mol. The normalized spacial score (nSPS) is 19.2. The molecular formula is C39H38ClN7O6. The first kappa shape index (κ1) is 35.7. The van der Waals surface area contributed by atoms with Crippen LogP contribution in [0.15, 0.2) is 66.9 Å². The van der Waals surface area contributed by atoms with Crippen molar-refractivity contribution >= 4 is 35.2 Å². The lowest BCUT2D eigenvalue weighted by atomic mass is 9.89. The molecule has 1 atom stereocenters. The number of aromatic nitrogens is 3. The van der Waals surface area contributed by atoms with Crippen molar-refractivity contribution in [1.82, 2.24) is 30.5 Å². The van der Waals surface area contributed by atoms with E-state index in [-0.39, 0.29) is 42.8 Å². The molecule has 3 aromatic carbocycles. The smallest absolute Gasteiger partial charge is 0.255 e. The van der Waals surface area contributed by atoms with Crippen LogP contribution in [-0.2, 0) is 22.6 Å². The summed E-state index contributed by atoms with van der Waals surface area (Å²) in [6, 6.07) is 19.0. The minimum atomic E-state index is -0.654. The number of carbonyl (C=O) groups excluding carboxylic acids is 4. The highest BCUT2D eigenvalue weighted by Crippen LogP contribution is 2.34. The predicted octanol–water partition coefficient (Wildman–Crippen LogP) is 5.08. The summed E-state index contributed by atoms with van der Waals surface area (Å²) in [5, 5.41) is 23.4. The third kappa shape index (κ3) is 8.18. The van der Waals surface area contributed by atoms with Gasteiger partial charge in [-0.3, -0.25) is 24.5 Å². The molecular weight excluding hydrogens is 698 g/mol. The Kier molecular flexibility index (Phi) is 10.7. The summed E-state index contributed by atoms with van der Waals surface area (Å²) >= 11 is 6.09. The minimum absolute atomic E-state index is 0.0165. The maximum atomic E-state index is 13.0. The van der Waals surface area contributed by atoms with E-state index in [2.05, 4.69) is 20.9 Å². The van der Waals surface area contributed by atoms with Gasteiger partial charge in [0.2, 0.25) is 11.8 Å². The Morgan fingerprint density at radius 1 is 1.04 bits per heavy atom. The molecule has 13 nitrogen and oxygen atoms in total. The van der Waals surface area contributed by atoms with Gasteiger partial charge in [0.05, 0.1) is 41.3 Å². The third-order valence-electron chi connectivity index (χ3n) is 9.85. The Hall–Kier alpha value is -5.74. The Morgan fingerprint density at radius 2 is 1.85 bits per heavy atom. The fourth-order valence-electron chi connectivity index (χ4n) is 6.84. The van der Waals surface area contributed by atoms with Gasteiger partial charge in [0.1, 0.15) is 29.7 Å². The van der Waals surface area contributed by atoms with Gasteiger partial charge in [-0.1, -0.05) is 35.7 Å². The van der Waals surface area contributed by atoms with Crippen molar-refractivity contribution in [1.29, 1.82) is 5.26 Å². The minimum Gasteiger partial charge on any atom is -0.493 e. The summed E-state index contributed by atoms with van der Waals surface area (Å²) in [5.41, 5.74) is 3.98. The first-order valence-corrected chi connectivity index (χ1v) is 18.2. The topological polar surface area (TPSA) is 169 Å². The number of aryl methyl sites for hydroxylation is 1. The highest BCUT2D eigenvalue weighted by Gasteiger charge is 2.40. The van der Waals surface area contributed by atoms with Crippen molar-refractivity contribution in [3.8, 4) is 23.3 Å². The molecule has 3 aliphatic rings. The summed E-state index contributed by atoms with van der Waals surface area (Å²) in [7, 11) is 0. The molecule has 0 radical (unpaired) electrons. The van der Waals surface area contributed by atoms with Crippen LogP contribution in [0.25, 0.3) is 5.69 Å². The van der Waals surface area contributed by atoms with Gasteiger partial charge in [-0.15, -0.1) is 5.10 Å². The van der Waals surface area contributed by atoms with Gasteiger partial charge in [-0.05, 0) is 74.2 Å². The molecule has 1 saturated heterocycles. The number of hydrogen-bond donors (Lipinski definition) is 2. The van der Waals surface area contributed by atoms with Crippen LogP contribution >= 0.6 is 11.6 Å². The molecule has 272 valence electrons. The first-order valence-electron chi connectivity index (χ1n) is 17.8. The summed E-state index contributed by atoms with van der Waals surface area (Å²) < 4.78 is 13.7. The molecule has 3 heterocycles. The van der Waals surface area contributed by atoms with Gasteiger partial charge in [-0.2, -0.15) is 5.26 Å². The zero-order valence-electron chi connectivity index (χ0n) is 28.9. The second-order valence-electron chi connectivity index (χ2n) is 13.5. The fraction of sp³-hybridized carbons (Fsp3) is 0.359. The lowest BCUT2D eigenvalue weighted by Gasteiger charge is -2.35. The molecule has 0 spiro atoms. The lowest BCUT2D eigenvalue weighted by Crippen LogP contribution is -2.52. The number of unbranched alkanes of at least 4 members (excludes halogenated alkanes) is 3. The number of nitrogens with one attached hydrogen (secondary N) is 2. The Labute approximate surface area is 311 Å². The maximum Gasteiger partial charge on any atom is 0.255 e. The van der Waals surface area contributed by atoms with Gasteiger partial charge in [0.15, 0.2) is 0 Å². The molecule has 53 heavy (non-hydrogen) atoms. The molecule has 2 aliphatic heterocycles. The summed E-state index contributed by atoms with van der Waals surface area (Å²) in [6.07, 6.45) is 8.33. The molecule has 1 unspecified atom stereocenters. The second kappa shape index (κ2) is 15.9. The van der Waals surface area contributed by atoms with Crippen molar-refractivity contribution in [2.45, 2.75) is 82.5 Å². The number of carbonyl (C=O) groups is 4. The zero-order chi connectivity index (χ0) is 36.9. The van der Waals surface area contributed by atoms with E-state index in [4.69, 9.17) is 26.3 Å². The predicted molar refractivity (Wildman–Crippen MR) is 193 cm³/mol. The molecule has 2 fully saturated rings. The molecule has 1 saturated carbocycles. The highest BCUT2D eigenvalue weighted by molar-refractivity contribution is 6.31. The summed E-state index contributed by atoms with van der Waals surface area (Å²) in [6.45, 7) is 0.798. The van der Waals surface area contributed by atoms with Crippen LogP contribution in [0.2, 0.25) is 5.02 Å². The molecule has 1 aromatic heterocycles.